The Bertz CT molecular complexity index is 438. The lowest BCUT2D eigenvalue weighted by atomic mass is 10.2. The molecule has 1 aliphatic rings. The van der Waals surface area contributed by atoms with E-state index in [1.165, 1.54) is 23.7 Å². The molecular weight excluding hydrogens is 230 g/mol. The minimum Gasteiger partial charge on any atom is -0.383 e. The number of amides is 1. The van der Waals surface area contributed by atoms with Crippen LogP contribution in [-0.4, -0.2) is 46.3 Å². The summed E-state index contributed by atoms with van der Waals surface area (Å²) in [5.41, 5.74) is 6.20. The quantitative estimate of drug-likeness (QED) is 0.784. The topological polar surface area (TPSA) is 76.2 Å². The number of nitrogen functional groups attached to an aromatic ring is 1. The van der Waals surface area contributed by atoms with Crippen molar-refractivity contribution in [1.29, 1.82) is 0 Å². The maximum absolute atomic E-state index is 11.9. The lowest BCUT2D eigenvalue weighted by molar-refractivity contribution is 0.0940. The summed E-state index contributed by atoms with van der Waals surface area (Å²) >= 11 is 0. The number of hydrogen-bond donors (Lipinski definition) is 2. The van der Waals surface area contributed by atoms with Crippen molar-refractivity contribution in [2.45, 2.75) is 31.8 Å². The highest BCUT2D eigenvalue weighted by Gasteiger charge is 2.29. The molecule has 0 radical (unpaired) electrons. The molecule has 1 saturated carbocycles. The van der Waals surface area contributed by atoms with Gasteiger partial charge >= 0.3 is 0 Å². The summed E-state index contributed by atoms with van der Waals surface area (Å²) < 4.78 is 1.49. The molecule has 18 heavy (non-hydrogen) atoms. The molecule has 1 heterocycles. The Labute approximate surface area is 107 Å². The summed E-state index contributed by atoms with van der Waals surface area (Å²) in [7, 11) is 3.82. The van der Waals surface area contributed by atoms with Crippen molar-refractivity contribution in [3.05, 3.63) is 11.8 Å². The first-order chi connectivity index (χ1) is 8.50. The van der Waals surface area contributed by atoms with Gasteiger partial charge in [0.1, 0.15) is 11.4 Å². The van der Waals surface area contributed by atoms with Crippen LogP contribution in [0.4, 0.5) is 5.82 Å². The number of likely N-dealkylation sites (N-methyl/N-ethyl adjacent to an activating group) is 1. The number of nitrogens with one attached hydrogen (secondary N) is 1. The maximum Gasteiger partial charge on any atom is 0.256 e. The fraction of sp³-hybridized carbons (Fsp3) is 0.667. The molecule has 1 unspecified atom stereocenters. The Hall–Kier alpha value is -1.56. The molecule has 0 spiro atoms. The Balaban J connectivity index is 1.86. The second-order valence-corrected chi connectivity index (χ2v) is 5.02. The number of nitrogens with two attached hydrogens (primary N) is 1. The summed E-state index contributed by atoms with van der Waals surface area (Å²) in [5.74, 6) is 0.243. The van der Waals surface area contributed by atoms with Gasteiger partial charge in [-0.15, -0.1) is 0 Å². The second-order valence-electron chi connectivity index (χ2n) is 5.02. The average Bonchev–Trinajstić information content (AvgIpc) is 3.14. The van der Waals surface area contributed by atoms with Gasteiger partial charge in [-0.25, -0.2) is 0 Å². The van der Waals surface area contributed by atoms with E-state index in [0.29, 0.717) is 30.0 Å². The van der Waals surface area contributed by atoms with E-state index >= 15 is 0 Å². The van der Waals surface area contributed by atoms with E-state index in [2.05, 4.69) is 29.3 Å². The predicted octanol–water partition coefficient (Wildman–Crippen LogP) is 0.215. The summed E-state index contributed by atoms with van der Waals surface area (Å²) in [6, 6.07) is 1.03. The largest absolute Gasteiger partial charge is 0.383 e. The SMILES string of the molecule is CC(CNC(=O)c1cnn(C)c1N)N(C)C1CC1. The average molecular weight is 251 g/mol. The minimum atomic E-state index is -0.156. The highest BCUT2D eigenvalue weighted by Crippen LogP contribution is 2.26. The number of aromatic nitrogens is 2. The molecule has 1 aromatic rings. The highest BCUT2D eigenvalue weighted by atomic mass is 16.1. The predicted molar refractivity (Wildman–Crippen MR) is 70.2 cm³/mol. The summed E-state index contributed by atoms with van der Waals surface area (Å²) in [6.07, 6.45) is 4.04. The molecular formula is C12H21N5O. The summed E-state index contributed by atoms with van der Waals surface area (Å²) in [4.78, 5) is 14.2. The van der Waals surface area contributed by atoms with E-state index in [1.54, 1.807) is 7.05 Å². The van der Waals surface area contributed by atoms with E-state index in [1.807, 2.05) is 0 Å². The van der Waals surface area contributed by atoms with Gasteiger partial charge in [-0.05, 0) is 26.8 Å². The zero-order valence-corrected chi connectivity index (χ0v) is 11.2. The molecule has 1 aromatic heterocycles. The number of hydrogen-bond acceptors (Lipinski definition) is 4. The van der Waals surface area contributed by atoms with E-state index < -0.39 is 0 Å². The van der Waals surface area contributed by atoms with Crippen LogP contribution in [0.15, 0.2) is 6.20 Å². The number of rotatable bonds is 5. The maximum atomic E-state index is 11.9. The molecule has 1 aliphatic carbocycles. The van der Waals surface area contributed by atoms with Crippen LogP contribution in [0.1, 0.15) is 30.1 Å². The zero-order chi connectivity index (χ0) is 13.3. The van der Waals surface area contributed by atoms with Crippen molar-refractivity contribution >= 4 is 11.7 Å². The number of anilines is 1. The Kier molecular flexibility index (Phi) is 3.56. The van der Waals surface area contributed by atoms with Crippen LogP contribution in [0.5, 0.6) is 0 Å². The molecule has 1 atom stereocenters. The van der Waals surface area contributed by atoms with Crippen LogP contribution in [0.25, 0.3) is 0 Å². The molecule has 0 bridgehead atoms. The zero-order valence-electron chi connectivity index (χ0n) is 11.2. The molecule has 1 amide bonds. The third-order valence-corrected chi connectivity index (χ3v) is 3.61. The lowest BCUT2D eigenvalue weighted by Gasteiger charge is -2.24. The molecule has 6 heteroatoms. The van der Waals surface area contributed by atoms with Crippen molar-refractivity contribution in [2.24, 2.45) is 7.05 Å². The minimum absolute atomic E-state index is 0.156. The molecule has 0 saturated heterocycles. The first-order valence-corrected chi connectivity index (χ1v) is 6.28. The van der Waals surface area contributed by atoms with Crippen LogP contribution in [-0.2, 0) is 7.05 Å². The highest BCUT2D eigenvalue weighted by molar-refractivity contribution is 5.98. The van der Waals surface area contributed by atoms with Gasteiger partial charge in [0.15, 0.2) is 0 Å². The fourth-order valence-electron chi connectivity index (χ4n) is 1.94. The van der Waals surface area contributed by atoms with E-state index in [-0.39, 0.29) is 5.91 Å². The van der Waals surface area contributed by atoms with Gasteiger partial charge in [0.2, 0.25) is 0 Å². The van der Waals surface area contributed by atoms with Gasteiger partial charge in [0.25, 0.3) is 5.91 Å². The van der Waals surface area contributed by atoms with E-state index in [4.69, 9.17) is 5.73 Å². The number of carbonyl (C=O) groups is 1. The van der Waals surface area contributed by atoms with E-state index in [0.717, 1.165) is 0 Å². The molecule has 1 fully saturated rings. The standard InChI is InChI=1S/C12H21N5O/c1-8(16(2)9-4-5-9)6-14-12(18)10-7-15-17(3)11(10)13/h7-9H,4-6,13H2,1-3H3,(H,14,18). The van der Waals surface area contributed by atoms with Crippen molar-refractivity contribution < 1.29 is 4.79 Å². The molecule has 0 aromatic carbocycles. The Morgan fingerprint density at radius 1 is 1.72 bits per heavy atom. The molecule has 3 N–H and O–H groups in total. The normalized spacial score (nSPS) is 16.9. The van der Waals surface area contributed by atoms with Gasteiger partial charge in [0, 0.05) is 25.7 Å². The van der Waals surface area contributed by atoms with Gasteiger partial charge < -0.3 is 11.1 Å². The first-order valence-electron chi connectivity index (χ1n) is 6.28. The molecule has 100 valence electrons. The number of nitrogens with zero attached hydrogens (tertiary/aromatic N) is 3. The third kappa shape index (κ3) is 2.64. The number of carbonyl (C=O) groups excluding carboxylic acids is 1. The number of aryl methyl sites for hydroxylation is 1. The van der Waals surface area contributed by atoms with Crippen LogP contribution in [0, 0.1) is 0 Å². The van der Waals surface area contributed by atoms with Gasteiger partial charge in [-0.1, -0.05) is 0 Å². The monoisotopic (exact) mass is 251 g/mol. The summed E-state index contributed by atoms with van der Waals surface area (Å²) in [5, 5.41) is 6.86. The van der Waals surface area contributed by atoms with Crippen molar-refractivity contribution in [2.75, 3.05) is 19.3 Å². The Morgan fingerprint density at radius 3 is 2.89 bits per heavy atom. The first kappa shape index (κ1) is 12.9. The summed E-state index contributed by atoms with van der Waals surface area (Å²) in [6.45, 7) is 2.74. The van der Waals surface area contributed by atoms with Crippen molar-refractivity contribution in [1.82, 2.24) is 20.0 Å². The lowest BCUT2D eigenvalue weighted by Crippen LogP contribution is -2.41. The van der Waals surface area contributed by atoms with Gasteiger partial charge in [-0.2, -0.15) is 5.10 Å². The van der Waals surface area contributed by atoms with Crippen molar-refractivity contribution in [3.8, 4) is 0 Å². The van der Waals surface area contributed by atoms with Crippen LogP contribution in [0.2, 0.25) is 0 Å². The molecule has 6 nitrogen and oxygen atoms in total. The smallest absolute Gasteiger partial charge is 0.256 e. The molecule has 0 aliphatic heterocycles. The van der Waals surface area contributed by atoms with Crippen molar-refractivity contribution in [3.63, 3.8) is 0 Å². The second kappa shape index (κ2) is 4.97. The Morgan fingerprint density at radius 2 is 2.39 bits per heavy atom. The fourth-order valence-corrected chi connectivity index (χ4v) is 1.94. The van der Waals surface area contributed by atoms with Crippen LogP contribution < -0.4 is 11.1 Å². The van der Waals surface area contributed by atoms with Gasteiger partial charge in [-0.3, -0.25) is 14.4 Å². The van der Waals surface area contributed by atoms with Crippen LogP contribution >= 0.6 is 0 Å². The van der Waals surface area contributed by atoms with E-state index in [9.17, 15) is 4.79 Å². The third-order valence-electron chi connectivity index (χ3n) is 3.61. The van der Waals surface area contributed by atoms with Crippen LogP contribution in [0.3, 0.4) is 0 Å². The van der Waals surface area contributed by atoms with Gasteiger partial charge in [0.05, 0.1) is 6.20 Å². The molecule has 2 rings (SSSR count).